The Bertz CT molecular complexity index is 289. The minimum Gasteiger partial charge on any atom is -0.330 e. The van der Waals surface area contributed by atoms with Gasteiger partial charge in [0.05, 0.1) is 0 Å². The first-order chi connectivity index (χ1) is 7.22. The van der Waals surface area contributed by atoms with E-state index in [2.05, 4.69) is 18.0 Å². The van der Waals surface area contributed by atoms with Crippen molar-refractivity contribution in [2.75, 3.05) is 20.1 Å². The summed E-state index contributed by atoms with van der Waals surface area (Å²) in [6.45, 7) is 2.82. The van der Waals surface area contributed by atoms with Gasteiger partial charge in [0.15, 0.2) is 0 Å². The molecule has 0 heterocycles. The van der Waals surface area contributed by atoms with E-state index in [4.69, 9.17) is 17.3 Å². The maximum absolute atomic E-state index is 5.92. The summed E-state index contributed by atoms with van der Waals surface area (Å²) in [6.07, 6.45) is 2.26. The van der Waals surface area contributed by atoms with Crippen molar-refractivity contribution in [2.45, 2.75) is 19.4 Å². The van der Waals surface area contributed by atoms with Gasteiger partial charge in [-0.25, -0.2) is 0 Å². The Labute approximate surface area is 97.0 Å². The first-order valence-corrected chi connectivity index (χ1v) is 5.73. The van der Waals surface area contributed by atoms with Gasteiger partial charge in [-0.3, -0.25) is 0 Å². The second kappa shape index (κ2) is 6.83. The van der Waals surface area contributed by atoms with E-state index in [1.807, 2.05) is 18.2 Å². The topological polar surface area (TPSA) is 29.3 Å². The normalized spacial score (nSPS) is 10.9. The molecule has 1 aromatic rings. The van der Waals surface area contributed by atoms with Crippen molar-refractivity contribution in [3.8, 4) is 0 Å². The van der Waals surface area contributed by atoms with E-state index in [-0.39, 0.29) is 0 Å². The van der Waals surface area contributed by atoms with Gasteiger partial charge in [0.2, 0.25) is 0 Å². The maximum Gasteiger partial charge on any atom is 0.0409 e. The van der Waals surface area contributed by atoms with Crippen LogP contribution >= 0.6 is 11.6 Å². The Hall–Kier alpha value is -0.570. The van der Waals surface area contributed by atoms with Gasteiger partial charge in [0, 0.05) is 11.6 Å². The van der Waals surface area contributed by atoms with Crippen LogP contribution < -0.4 is 5.73 Å². The highest BCUT2D eigenvalue weighted by atomic mass is 35.5. The monoisotopic (exact) mass is 226 g/mol. The zero-order chi connectivity index (χ0) is 11.1. The average molecular weight is 227 g/mol. The van der Waals surface area contributed by atoms with Crippen LogP contribution in [-0.2, 0) is 6.54 Å². The zero-order valence-electron chi connectivity index (χ0n) is 9.25. The largest absolute Gasteiger partial charge is 0.330 e. The van der Waals surface area contributed by atoms with Gasteiger partial charge in [-0.2, -0.15) is 0 Å². The molecule has 2 N–H and O–H groups in total. The van der Waals surface area contributed by atoms with Gasteiger partial charge in [0.1, 0.15) is 0 Å². The molecule has 0 aliphatic heterocycles. The summed E-state index contributed by atoms with van der Waals surface area (Å²) >= 11 is 5.92. The molecule has 0 radical (unpaired) electrons. The van der Waals surface area contributed by atoms with Gasteiger partial charge >= 0.3 is 0 Å². The van der Waals surface area contributed by atoms with Crippen LogP contribution in [0.2, 0.25) is 5.02 Å². The lowest BCUT2D eigenvalue weighted by Crippen LogP contribution is -2.19. The summed E-state index contributed by atoms with van der Waals surface area (Å²) in [5, 5.41) is 0.808. The molecule has 0 aromatic heterocycles. The first-order valence-electron chi connectivity index (χ1n) is 5.35. The molecule has 2 nitrogen and oxygen atoms in total. The summed E-state index contributed by atoms with van der Waals surface area (Å²) < 4.78 is 0. The van der Waals surface area contributed by atoms with Gasteiger partial charge in [-0.15, -0.1) is 0 Å². The van der Waals surface area contributed by atoms with Gasteiger partial charge in [0.25, 0.3) is 0 Å². The average Bonchev–Trinajstić information content (AvgIpc) is 2.18. The molecule has 0 saturated heterocycles. The number of halogens is 1. The Balaban J connectivity index is 2.34. The summed E-state index contributed by atoms with van der Waals surface area (Å²) in [6, 6.07) is 8.01. The third-order valence-electron chi connectivity index (χ3n) is 2.34. The van der Waals surface area contributed by atoms with Crippen LogP contribution in [-0.4, -0.2) is 25.0 Å². The van der Waals surface area contributed by atoms with Crippen LogP contribution in [0, 0.1) is 0 Å². The Morgan fingerprint density at radius 2 is 2.13 bits per heavy atom. The van der Waals surface area contributed by atoms with Crippen LogP contribution in [0.4, 0.5) is 0 Å². The smallest absolute Gasteiger partial charge is 0.0409 e. The van der Waals surface area contributed by atoms with Crippen molar-refractivity contribution in [1.82, 2.24) is 4.90 Å². The standard InChI is InChI=1S/C12H19ClN2/c1-15(8-3-2-7-14)10-11-5-4-6-12(13)9-11/h4-6,9H,2-3,7-8,10,14H2,1H3. The van der Waals surface area contributed by atoms with Crippen molar-refractivity contribution >= 4 is 11.6 Å². The van der Waals surface area contributed by atoms with E-state index in [0.717, 1.165) is 37.5 Å². The van der Waals surface area contributed by atoms with Crippen LogP contribution in [0.5, 0.6) is 0 Å². The summed E-state index contributed by atoms with van der Waals surface area (Å²) in [4.78, 5) is 2.29. The van der Waals surface area contributed by atoms with E-state index < -0.39 is 0 Å². The van der Waals surface area contributed by atoms with Crippen LogP contribution in [0.3, 0.4) is 0 Å². The van der Waals surface area contributed by atoms with Crippen molar-refractivity contribution in [3.63, 3.8) is 0 Å². The predicted octanol–water partition coefficient (Wildman–Crippen LogP) is 2.51. The molecule has 84 valence electrons. The number of nitrogens with two attached hydrogens (primary N) is 1. The molecule has 0 atom stereocenters. The molecule has 0 bridgehead atoms. The van der Waals surface area contributed by atoms with Crippen molar-refractivity contribution in [3.05, 3.63) is 34.9 Å². The lowest BCUT2D eigenvalue weighted by molar-refractivity contribution is 0.319. The van der Waals surface area contributed by atoms with Gasteiger partial charge in [-0.05, 0) is 50.7 Å². The quantitative estimate of drug-likeness (QED) is 0.756. The zero-order valence-corrected chi connectivity index (χ0v) is 10.0. The Morgan fingerprint density at radius 1 is 1.33 bits per heavy atom. The lowest BCUT2D eigenvalue weighted by Gasteiger charge is -2.16. The van der Waals surface area contributed by atoms with E-state index in [9.17, 15) is 0 Å². The molecule has 0 fully saturated rings. The minimum absolute atomic E-state index is 0.783. The van der Waals surface area contributed by atoms with E-state index in [1.165, 1.54) is 5.56 Å². The number of hydrogen-bond donors (Lipinski definition) is 1. The van der Waals surface area contributed by atoms with Crippen molar-refractivity contribution in [2.24, 2.45) is 5.73 Å². The minimum atomic E-state index is 0.783. The molecule has 1 aromatic carbocycles. The number of benzene rings is 1. The van der Waals surface area contributed by atoms with Crippen LogP contribution in [0.1, 0.15) is 18.4 Å². The summed E-state index contributed by atoms with van der Waals surface area (Å²) in [7, 11) is 2.12. The number of unbranched alkanes of at least 4 members (excludes halogenated alkanes) is 1. The highest BCUT2D eigenvalue weighted by Gasteiger charge is 2.00. The van der Waals surface area contributed by atoms with Gasteiger partial charge in [-0.1, -0.05) is 23.7 Å². The van der Waals surface area contributed by atoms with Crippen LogP contribution in [0.15, 0.2) is 24.3 Å². The highest BCUT2D eigenvalue weighted by Crippen LogP contribution is 2.12. The van der Waals surface area contributed by atoms with Crippen molar-refractivity contribution in [1.29, 1.82) is 0 Å². The molecular formula is C12H19ClN2. The van der Waals surface area contributed by atoms with Gasteiger partial charge < -0.3 is 10.6 Å². The van der Waals surface area contributed by atoms with E-state index in [1.54, 1.807) is 0 Å². The second-order valence-electron chi connectivity index (χ2n) is 3.86. The number of rotatable bonds is 6. The molecular weight excluding hydrogens is 208 g/mol. The molecule has 1 rings (SSSR count). The molecule has 0 spiro atoms. The summed E-state index contributed by atoms with van der Waals surface area (Å²) in [5.74, 6) is 0. The third kappa shape index (κ3) is 5.17. The maximum atomic E-state index is 5.92. The SMILES string of the molecule is CN(CCCCN)Cc1cccc(Cl)c1. The molecule has 0 aliphatic rings. The van der Waals surface area contributed by atoms with Crippen LogP contribution in [0.25, 0.3) is 0 Å². The molecule has 0 unspecified atom stereocenters. The van der Waals surface area contributed by atoms with Crippen molar-refractivity contribution < 1.29 is 0 Å². The molecule has 0 amide bonds. The highest BCUT2D eigenvalue weighted by molar-refractivity contribution is 6.30. The molecule has 3 heteroatoms. The van der Waals surface area contributed by atoms with E-state index >= 15 is 0 Å². The third-order valence-corrected chi connectivity index (χ3v) is 2.57. The fraction of sp³-hybridized carbons (Fsp3) is 0.500. The number of hydrogen-bond acceptors (Lipinski definition) is 2. The predicted molar refractivity (Wildman–Crippen MR) is 66.1 cm³/mol. The second-order valence-corrected chi connectivity index (χ2v) is 4.30. The molecule has 0 aliphatic carbocycles. The fourth-order valence-corrected chi connectivity index (χ4v) is 1.76. The van der Waals surface area contributed by atoms with E-state index in [0.29, 0.717) is 0 Å². The molecule has 15 heavy (non-hydrogen) atoms. The molecule has 0 saturated carbocycles. The Kier molecular flexibility index (Phi) is 5.69. The fourth-order valence-electron chi connectivity index (χ4n) is 1.55. The number of nitrogens with zero attached hydrogens (tertiary/aromatic N) is 1. The first kappa shape index (κ1) is 12.5. The Morgan fingerprint density at radius 3 is 2.80 bits per heavy atom. The summed E-state index contributed by atoms with van der Waals surface area (Å²) in [5.41, 5.74) is 6.71. The lowest BCUT2D eigenvalue weighted by atomic mass is 10.2.